The van der Waals surface area contributed by atoms with E-state index in [4.69, 9.17) is 0 Å². The van der Waals surface area contributed by atoms with Gasteiger partial charge in [-0.25, -0.2) is 9.78 Å². The summed E-state index contributed by atoms with van der Waals surface area (Å²) >= 11 is 0. The van der Waals surface area contributed by atoms with E-state index >= 15 is 0 Å². The van der Waals surface area contributed by atoms with Crippen molar-refractivity contribution in [3.05, 3.63) is 23.4 Å². The fourth-order valence-electron chi connectivity index (χ4n) is 2.93. The second-order valence-electron chi connectivity index (χ2n) is 6.03. The van der Waals surface area contributed by atoms with Crippen molar-refractivity contribution in [3.8, 4) is 0 Å². The van der Waals surface area contributed by atoms with Crippen molar-refractivity contribution in [2.75, 3.05) is 5.32 Å². The zero-order valence-corrected chi connectivity index (χ0v) is 12.4. The maximum absolute atomic E-state index is 11.2. The van der Waals surface area contributed by atoms with Gasteiger partial charge in [0, 0.05) is 11.2 Å². The second kappa shape index (κ2) is 6.25. The van der Waals surface area contributed by atoms with Gasteiger partial charge in [0.2, 0.25) is 0 Å². The zero-order chi connectivity index (χ0) is 14.6. The Morgan fingerprint density at radius 3 is 2.65 bits per heavy atom. The lowest BCUT2D eigenvalue weighted by Crippen LogP contribution is -2.37. The Labute approximate surface area is 120 Å². The van der Waals surface area contributed by atoms with Crippen LogP contribution in [0.1, 0.15) is 68.4 Å². The van der Waals surface area contributed by atoms with Gasteiger partial charge >= 0.3 is 5.97 Å². The predicted molar refractivity (Wildman–Crippen MR) is 80.3 cm³/mol. The maximum atomic E-state index is 11.2. The Kier molecular flexibility index (Phi) is 4.63. The maximum Gasteiger partial charge on any atom is 0.335 e. The van der Waals surface area contributed by atoms with Crippen LogP contribution in [0.2, 0.25) is 0 Å². The molecule has 0 aromatic carbocycles. The molecule has 1 saturated carbocycles. The van der Waals surface area contributed by atoms with Gasteiger partial charge in [0.15, 0.2) is 0 Å². The number of rotatable bonds is 5. The SMILES string of the molecule is CCCc1cc(C(=O)O)cc(NC2(C)CCCCC2)n1. The lowest BCUT2D eigenvalue weighted by Gasteiger charge is -2.35. The smallest absolute Gasteiger partial charge is 0.335 e. The molecule has 1 aromatic heterocycles. The molecule has 2 rings (SSSR count). The first-order chi connectivity index (χ1) is 9.52. The molecule has 0 bridgehead atoms. The van der Waals surface area contributed by atoms with Gasteiger partial charge in [-0.2, -0.15) is 0 Å². The van der Waals surface area contributed by atoms with Crippen LogP contribution in [0.3, 0.4) is 0 Å². The van der Waals surface area contributed by atoms with E-state index in [9.17, 15) is 9.90 Å². The minimum absolute atomic E-state index is 0.0475. The van der Waals surface area contributed by atoms with Crippen LogP contribution in [0.5, 0.6) is 0 Å². The van der Waals surface area contributed by atoms with E-state index in [0.29, 0.717) is 11.4 Å². The van der Waals surface area contributed by atoms with Gasteiger partial charge in [0.25, 0.3) is 0 Å². The Morgan fingerprint density at radius 1 is 1.35 bits per heavy atom. The quantitative estimate of drug-likeness (QED) is 0.857. The molecule has 1 aliphatic carbocycles. The van der Waals surface area contributed by atoms with Gasteiger partial charge in [0.05, 0.1) is 5.56 Å². The number of nitrogens with one attached hydrogen (secondary N) is 1. The van der Waals surface area contributed by atoms with E-state index in [0.717, 1.165) is 31.4 Å². The minimum atomic E-state index is -0.887. The van der Waals surface area contributed by atoms with Gasteiger partial charge in [-0.15, -0.1) is 0 Å². The van der Waals surface area contributed by atoms with Crippen LogP contribution in [0.15, 0.2) is 12.1 Å². The molecule has 110 valence electrons. The van der Waals surface area contributed by atoms with Crippen molar-refractivity contribution < 1.29 is 9.90 Å². The predicted octanol–water partition coefficient (Wildman–Crippen LogP) is 3.87. The van der Waals surface area contributed by atoms with Crippen LogP contribution < -0.4 is 5.32 Å². The van der Waals surface area contributed by atoms with Gasteiger partial charge in [-0.05, 0) is 38.3 Å². The average Bonchev–Trinajstić information content (AvgIpc) is 2.39. The Morgan fingerprint density at radius 2 is 2.05 bits per heavy atom. The van der Waals surface area contributed by atoms with Crippen molar-refractivity contribution in [3.63, 3.8) is 0 Å². The van der Waals surface area contributed by atoms with E-state index in [-0.39, 0.29) is 5.54 Å². The lowest BCUT2D eigenvalue weighted by atomic mass is 9.83. The fraction of sp³-hybridized carbons (Fsp3) is 0.625. The van der Waals surface area contributed by atoms with Crippen LogP contribution >= 0.6 is 0 Å². The van der Waals surface area contributed by atoms with Crippen molar-refractivity contribution in [1.82, 2.24) is 4.98 Å². The third kappa shape index (κ3) is 3.71. The standard InChI is InChI=1S/C16H24N2O2/c1-3-7-13-10-12(15(19)20)11-14(17-13)18-16(2)8-5-4-6-9-16/h10-11H,3-9H2,1-2H3,(H,17,18)(H,19,20). The number of carboxylic acid groups (broad SMARTS) is 1. The largest absolute Gasteiger partial charge is 0.478 e. The number of carbonyl (C=O) groups is 1. The highest BCUT2D eigenvalue weighted by Crippen LogP contribution is 2.31. The summed E-state index contributed by atoms with van der Waals surface area (Å²) in [6, 6.07) is 3.33. The summed E-state index contributed by atoms with van der Waals surface area (Å²) in [5, 5.41) is 12.7. The van der Waals surface area contributed by atoms with Crippen molar-refractivity contribution in [2.24, 2.45) is 0 Å². The van der Waals surface area contributed by atoms with Gasteiger partial charge < -0.3 is 10.4 Å². The van der Waals surface area contributed by atoms with Crippen LogP contribution in [0.25, 0.3) is 0 Å². The molecule has 4 heteroatoms. The first-order valence-corrected chi connectivity index (χ1v) is 7.55. The van der Waals surface area contributed by atoms with Crippen LogP contribution in [0.4, 0.5) is 5.82 Å². The number of hydrogen-bond donors (Lipinski definition) is 2. The molecular formula is C16H24N2O2. The normalized spacial score (nSPS) is 17.7. The summed E-state index contributed by atoms with van der Waals surface area (Å²) in [5.74, 6) is -0.181. The highest BCUT2D eigenvalue weighted by atomic mass is 16.4. The van der Waals surface area contributed by atoms with E-state index in [1.54, 1.807) is 12.1 Å². The van der Waals surface area contributed by atoms with Crippen molar-refractivity contribution >= 4 is 11.8 Å². The summed E-state index contributed by atoms with van der Waals surface area (Å²) < 4.78 is 0. The van der Waals surface area contributed by atoms with E-state index < -0.39 is 5.97 Å². The number of anilines is 1. The van der Waals surface area contributed by atoms with Gasteiger partial charge in [0.1, 0.15) is 5.82 Å². The molecule has 0 unspecified atom stereocenters. The lowest BCUT2D eigenvalue weighted by molar-refractivity contribution is 0.0696. The highest BCUT2D eigenvalue weighted by Gasteiger charge is 2.27. The summed E-state index contributed by atoms with van der Waals surface area (Å²) in [6.45, 7) is 4.28. The Bertz CT molecular complexity index is 479. The number of nitrogens with zero attached hydrogens (tertiary/aromatic N) is 1. The summed E-state index contributed by atoms with van der Waals surface area (Å²) in [7, 11) is 0. The topological polar surface area (TPSA) is 62.2 Å². The molecule has 1 fully saturated rings. The molecule has 0 amide bonds. The second-order valence-corrected chi connectivity index (χ2v) is 6.03. The molecule has 0 radical (unpaired) electrons. The zero-order valence-electron chi connectivity index (χ0n) is 12.4. The first-order valence-electron chi connectivity index (χ1n) is 7.55. The van der Waals surface area contributed by atoms with Gasteiger partial charge in [-0.1, -0.05) is 32.6 Å². The minimum Gasteiger partial charge on any atom is -0.478 e. The molecule has 0 atom stereocenters. The molecule has 1 aliphatic rings. The molecule has 20 heavy (non-hydrogen) atoms. The van der Waals surface area contributed by atoms with Crippen LogP contribution in [-0.2, 0) is 6.42 Å². The third-order valence-corrected chi connectivity index (χ3v) is 4.02. The molecule has 0 saturated heterocycles. The number of aryl methyl sites for hydroxylation is 1. The number of hydrogen-bond acceptors (Lipinski definition) is 3. The molecule has 1 heterocycles. The van der Waals surface area contributed by atoms with E-state index in [2.05, 4.69) is 24.1 Å². The highest BCUT2D eigenvalue weighted by molar-refractivity contribution is 5.88. The van der Waals surface area contributed by atoms with Crippen molar-refractivity contribution in [2.45, 2.75) is 64.3 Å². The average molecular weight is 276 g/mol. The summed E-state index contributed by atoms with van der Waals surface area (Å²) in [5.41, 5.74) is 1.23. The van der Waals surface area contributed by atoms with Crippen molar-refractivity contribution in [1.29, 1.82) is 0 Å². The third-order valence-electron chi connectivity index (χ3n) is 4.02. The first kappa shape index (κ1) is 14.8. The molecule has 4 nitrogen and oxygen atoms in total. The number of carboxylic acids is 1. The summed E-state index contributed by atoms with van der Waals surface area (Å²) in [6.07, 6.45) is 7.76. The number of pyridine rings is 1. The Balaban J connectivity index is 2.23. The molecule has 0 aliphatic heterocycles. The molecular weight excluding hydrogens is 252 g/mol. The van der Waals surface area contributed by atoms with Crippen LogP contribution in [-0.4, -0.2) is 21.6 Å². The fourth-order valence-corrected chi connectivity index (χ4v) is 2.93. The number of aromatic nitrogens is 1. The molecule has 1 aromatic rings. The molecule has 2 N–H and O–H groups in total. The van der Waals surface area contributed by atoms with Crippen LogP contribution in [0, 0.1) is 0 Å². The molecule has 0 spiro atoms. The van der Waals surface area contributed by atoms with Gasteiger partial charge in [-0.3, -0.25) is 0 Å². The van der Waals surface area contributed by atoms with E-state index in [1.807, 2.05) is 0 Å². The summed E-state index contributed by atoms with van der Waals surface area (Å²) in [4.78, 5) is 15.8. The number of aromatic carboxylic acids is 1. The monoisotopic (exact) mass is 276 g/mol. The van der Waals surface area contributed by atoms with E-state index in [1.165, 1.54) is 19.3 Å². The Hall–Kier alpha value is -1.58.